The fraction of sp³-hybridized carbons (Fsp3) is 0.733. The van der Waals surface area contributed by atoms with E-state index in [1.807, 2.05) is 30.4 Å². The molecule has 1 aliphatic carbocycles. The SMILES string of the molecule is Cc1cc(SC2CCCC(NC(C)C)(C(N)=O)C2)n(C)n1. The van der Waals surface area contributed by atoms with E-state index in [1.54, 1.807) is 0 Å². The number of thioether (sulfide) groups is 1. The number of aromatic nitrogens is 2. The third-order valence-electron chi connectivity index (χ3n) is 3.99. The number of primary amides is 1. The molecule has 2 unspecified atom stereocenters. The highest BCUT2D eigenvalue weighted by Crippen LogP contribution is 2.38. The lowest BCUT2D eigenvalue weighted by Crippen LogP contribution is -2.60. The third kappa shape index (κ3) is 3.80. The molecule has 1 amide bonds. The average Bonchev–Trinajstić information content (AvgIpc) is 2.67. The van der Waals surface area contributed by atoms with Crippen molar-refractivity contribution in [3.8, 4) is 0 Å². The topological polar surface area (TPSA) is 72.9 Å². The van der Waals surface area contributed by atoms with Crippen LogP contribution in [0.25, 0.3) is 0 Å². The van der Waals surface area contributed by atoms with Gasteiger partial charge < -0.3 is 11.1 Å². The van der Waals surface area contributed by atoms with Crippen LogP contribution in [0.3, 0.4) is 0 Å². The molecular formula is C15H26N4OS. The van der Waals surface area contributed by atoms with Gasteiger partial charge in [0.15, 0.2) is 0 Å². The molecule has 2 rings (SSSR count). The van der Waals surface area contributed by atoms with Crippen LogP contribution in [-0.2, 0) is 11.8 Å². The zero-order chi connectivity index (χ0) is 15.6. The number of carbonyl (C=O) groups excluding carboxylic acids is 1. The number of hydrogen-bond acceptors (Lipinski definition) is 4. The molecule has 118 valence electrons. The van der Waals surface area contributed by atoms with Gasteiger partial charge in [0.1, 0.15) is 0 Å². The molecule has 0 spiro atoms. The van der Waals surface area contributed by atoms with Gasteiger partial charge in [0, 0.05) is 18.3 Å². The van der Waals surface area contributed by atoms with Gasteiger partial charge in [-0.15, -0.1) is 11.8 Å². The second-order valence-corrected chi connectivity index (χ2v) is 7.65. The van der Waals surface area contributed by atoms with Gasteiger partial charge in [-0.2, -0.15) is 5.10 Å². The number of nitrogens with two attached hydrogens (primary N) is 1. The number of rotatable bonds is 5. The Morgan fingerprint density at radius 2 is 2.33 bits per heavy atom. The summed E-state index contributed by atoms with van der Waals surface area (Å²) in [4.78, 5) is 12.0. The summed E-state index contributed by atoms with van der Waals surface area (Å²) in [5, 5.41) is 9.36. The van der Waals surface area contributed by atoms with Crippen molar-refractivity contribution < 1.29 is 4.79 Å². The highest BCUT2D eigenvalue weighted by molar-refractivity contribution is 7.99. The molecule has 3 N–H and O–H groups in total. The van der Waals surface area contributed by atoms with E-state index in [-0.39, 0.29) is 11.9 Å². The van der Waals surface area contributed by atoms with E-state index in [1.165, 1.54) is 0 Å². The van der Waals surface area contributed by atoms with Crippen molar-refractivity contribution in [2.75, 3.05) is 0 Å². The van der Waals surface area contributed by atoms with Crippen molar-refractivity contribution in [3.05, 3.63) is 11.8 Å². The van der Waals surface area contributed by atoms with Crippen LogP contribution in [0.2, 0.25) is 0 Å². The molecule has 0 aromatic carbocycles. The third-order valence-corrected chi connectivity index (χ3v) is 5.35. The molecule has 1 saturated carbocycles. The van der Waals surface area contributed by atoms with Crippen LogP contribution >= 0.6 is 11.8 Å². The summed E-state index contributed by atoms with van der Waals surface area (Å²) in [7, 11) is 1.96. The number of carbonyl (C=O) groups is 1. The molecule has 0 saturated heterocycles. The first-order valence-electron chi connectivity index (χ1n) is 7.57. The minimum atomic E-state index is -0.558. The van der Waals surface area contributed by atoms with Gasteiger partial charge in [0.2, 0.25) is 5.91 Å². The van der Waals surface area contributed by atoms with Gasteiger partial charge in [-0.1, -0.05) is 0 Å². The van der Waals surface area contributed by atoms with E-state index in [9.17, 15) is 4.79 Å². The molecule has 1 fully saturated rings. The number of nitrogens with zero attached hydrogens (tertiary/aromatic N) is 2. The summed E-state index contributed by atoms with van der Waals surface area (Å²) in [5.41, 5.74) is 6.18. The fourth-order valence-electron chi connectivity index (χ4n) is 3.17. The molecule has 2 atom stereocenters. The van der Waals surface area contributed by atoms with Crippen LogP contribution < -0.4 is 11.1 Å². The quantitative estimate of drug-likeness (QED) is 0.872. The summed E-state index contributed by atoms with van der Waals surface area (Å²) in [5.74, 6) is -0.220. The predicted molar refractivity (Wildman–Crippen MR) is 86.3 cm³/mol. The van der Waals surface area contributed by atoms with E-state index < -0.39 is 5.54 Å². The van der Waals surface area contributed by atoms with Crippen molar-refractivity contribution >= 4 is 17.7 Å². The van der Waals surface area contributed by atoms with Crippen LogP contribution in [0.15, 0.2) is 11.1 Å². The van der Waals surface area contributed by atoms with Gasteiger partial charge in [0.25, 0.3) is 0 Å². The van der Waals surface area contributed by atoms with E-state index >= 15 is 0 Å². The maximum atomic E-state index is 12.0. The van der Waals surface area contributed by atoms with Gasteiger partial charge >= 0.3 is 0 Å². The van der Waals surface area contributed by atoms with Crippen molar-refractivity contribution in [1.29, 1.82) is 0 Å². The van der Waals surface area contributed by atoms with Gasteiger partial charge in [-0.05, 0) is 52.5 Å². The van der Waals surface area contributed by atoms with E-state index in [4.69, 9.17) is 5.73 Å². The summed E-state index contributed by atoms with van der Waals surface area (Å²) in [6.07, 6.45) is 3.76. The van der Waals surface area contributed by atoms with Crippen LogP contribution in [0.4, 0.5) is 0 Å². The molecule has 21 heavy (non-hydrogen) atoms. The lowest BCUT2D eigenvalue weighted by atomic mass is 9.80. The summed E-state index contributed by atoms with van der Waals surface area (Å²) in [6.45, 7) is 6.12. The molecule has 6 heteroatoms. The number of aryl methyl sites for hydroxylation is 2. The van der Waals surface area contributed by atoms with Gasteiger partial charge in [-0.3, -0.25) is 9.48 Å². The first-order chi connectivity index (χ1) is 9.82. The minimum Gasteiger partial charge on any atom is -0.368 e. The summed E-state index contributed by atoms with van der Waals surface area (Å²) < 4.78 is 1.91. The Labute approximate surface area is 131 Å². The molecule has 1 aromatic rings. The monoisotopic (exact) mass is 310 g/mol. The lowest BCUT2D eigenvalue weighted by molar-refractivity contribution is -0.126. The molecule has 5 nitrogen and oxygen atoms in total. The highest BCUT2D eigenvalue weighted by Gasteiger charge is 2.42. The second-order valence-electron chi connectivity index (χ2n) is 6.33. The largest absolute Gasteiger partial charge is 0.368 e. The fourth-order valence-corrected chi connectivity index (χ4v) is 4.60. The molecule has 1 heterocycles. The van der Waals surface area contributed by atoms with Crippen molar-refractivity contribution in [3.63, 3.8) is 0 Å². The van der Waals surface area contributed by atoms with Crippen LogP contribution in [-0.4, -0.2) is 32.5 Å². The molecule has 0 radical (unpaired) electrons. The molecular weight excluding hydrogens is 284 g/mol. The predicted octanol–water partition coefficient (Wildman–Crippen LogP) is 1.99. The summed E-state index contributed by atoms with van der Waals surface area (Å²) >= 11 is 1.81. The molecule has 0 bridgehead atoms. The second kappa shape index (κ2) is 6.40. The van der Waals surface area contributed by atoms with E-state index in [0.717, 1.165) is 36.4 Å². The Hall–Kier alpha value is -1.01. The van der Waals surface area contributed by atoms with Crippen molar-refractivity contribution in [1.82, 2.24) is 15.1 Å². The van der Waals surface area contributed by atoms with E-state index in [2.05, 4.69) is 30.3 Å². The van der Waals surface area contributed by atoms with Crippen molar-refractivity contribution in [2.45, 2.75) is 68.3 Å². The Kier molecular flexibility index (Phi) is 4.99. The maximum Gasteiger partial charge on any atom is 0.237 e. The molecule has 0 aliphatic heterocycles. The van der Waals surface area contributed by atoms with Gasteiger partial charge in [0.05, 0.1) is 16.3 Å². The zero-order valence-electron chi connectivity index (χ0n) is 13.3. The van der Waals surface area contributed by atoms with Gasteiger partial charge in [-0.25, -0.2) is 0 Å². The van der Waals surface area contributed by atoms with Crippen LogP contribution in [0.1, 0.15) is 45.2 Å². The van der Waals surface area contributed by atoms with E-state index in [0.29, 0.717) is 5.25 Å². The Morgan fingerprint density at radius 1 is 1.62 bits per heavy atom. The molecule has 1 aromatic heterocycles. The lowest BCUT2D eigenvalue weighted by Gasteiger charge is -2.40. The van der Waals surface area contributed by atoms with Crippen molar-refractivity contribution in [2.24, 2.45) is 12.8 Å². The Bertz CT molecular complexity index is 514. The minimum absolute atomic E-state index is 0.220. The Morgan fingerprint density at radius 3 is 2.86 bits per heavy atom. The zero-order valence-corrected chi connectivity index (χ0v) is 14.2. The number of amides is 1. The smallest absolute Gasteiger partial charge is 0.237 e. The van der Waals surface area contributed by atoms with Crippen LogP contribution in [0.5, 0.6) is 0 Å². The maximum absolute atomic E-state index is 12.0. The van der Waals surface area contributed by atoms with Crippen LogP contribution in [0, 0.1) is 6.92 Å². The average molecular weight is 310 g/mol. The first-order valence-corrected chi connectivity index (χ1v) is 8.45. The normalized spacial score (nSPS) is 26.2. The first kappa shape index (κ1) is 16.4. The summed E-state index contributed by atoms with van der Waals surface area (Å²) in [6, 6.07) is 2.35. The number of nitrogens with one attached hydrogen (secondary N) is 1. The Balaban J connectivity index is 2.11. The standard InChI is InChI=1S/C15H26N4OS/c1-10(2)17-15(14(16)20)7-5-6-12(9-15)21-13-8-11(3)18-19(13)4/h8,10,12,17H,5-7,9H2,1-4H3,(H2,16,20). The highest BCUT2D eigenvalue weighted by atomic mass is 32.2. The number of hydrogen-bond donors (Lipinski definition) is 2. The molecule has 1 aliphatic rings.